The SMILES string of the molecule is CC.CC.Cc1ncsc1-c1ccc(-c2cnc(C3CC(O)CN3C(=O)C(C)C(C)C)[nH]2)cc1. The van der Waals surface area contributed by atoms with Crippen LogP contribution in [0.2, 0.25) is 0 Å². The van der Waals surface area contributed by atoms with E-state index in [2.05, 4.69) is 39.2 Å². The normalized spacial score (nSPS) is 18.1. The number of amides is 1. The molecule has 34 heavy (non-hydrogen) atoms. The van der Waals surface area contributed by atoms with Gasteiger partial charge in [-0.3, -0.25) is 4.79 Å². The van der Waals surface area contributed by atoms with Gasteiger partial charge in [0.1, 0.15) is 5.82 Å². The van der Waals surface area contributed by atoms with Crippen molar-refractivity contribution in [3.63, 3.8) is 0 Å². The van der Waals surface area contributed by atoms with Gasteiger partial charge in [-0.25, -0.2) is 9.97 Å². The standard InChI is InChI=1S/C23H28N4O2S.2C2H6/c1-13(2)14(3)23(29)27-11-18(28)9-20(27)22-24-10-19(26-22)16-5-7-17(8-6-16)21-15(4)25-12-30-21;2*1-2/h5-8,10,12-14,18,20,28H,9,11H2,1-4H3,(H,24,26);2*1-2H3. The number of H-pyrrole nitrogens is 1. The molecule has 0 saturated carbocycles. The third-order valence-electron chi connectivity index (χ3n) is 6.07. The van der Waals surface area contributed by atoms with Gasteiger partial charge in [0, 0.05) is 18.9 Å². The first-order valence-corrected chi connectivity index (χ1v) is 13.3. The Kier molecular flexibility index (Phi) is 10.5. The number of rotatable bonds is 5. The van der Waals surface area contributed by atoms with E-state index in [1.54, 1.807) is 16.2 Å². The highest BCUT2D eigenvalue weighted by atomic mass is 32.1. The second-order valence-corrected chi connectivity index (χ2v) is 9.31. The number of thiazole rings is 1. The summed E-state index contributed by atoms with van der Waals surface area (Å²) < 4.78 is 0. The van der Waals surface area contributed by atoms with Gasteiger partial charge in [0.15, 0.2) is 0 Å². The van der Waals surface area contributed by atoms with E-state index in [0.717, 1.165) is 28.3 Å². The van der Waals surface area contributed by atoms with Crippen LogP contribution in [0.4, 0.5) is 0 Å². The fourth-order valence-electron chi connectivity index (χ4n) is 3.90. The van der Waals surface area contributed by atoms with Crippen LogP contribution in [0.1, 0.15) is 72.4 Å². The number of β-amino-alcohol motifs (C(OH)–C–C–N with tert-alkyl or cyclic N) is 1. The summed E-state index contributed by atoms with van der Waals surface area (Å²) >= 11 is 1.64. The molecule has 0 radical (unpaired) electrons. The van der Waals surface area contributed by atoms with Crippen molar-refractivity contribution in [2.45, 2.75) is 74.0 Å². The molecule has 3 heterocycles. The summed E-state index contributed by atoms with van der Waals surface area (Å²) in [5.74, 6) is 0.973. The van der Waals surface area contributed by atoms with Crippen LogP contribution in [0.3, 0.4) is 0 Å². The topological polar surface area (TPSA) is 82.1 Å². The molecular formula is C27H40N4O2S. The van der Waals surface area contributed by atoms with Crippen molar-refractivity contribution in [2.75, 3.05) is 6.54 Å². The third kappa shape index (κ3) is 6.13. The molecule has 1 aliphatic heterocycles. The van der Waals surface area contributed by atoms with E-state index < -0.39 is 6.10 Å². The van der Waals surface area contributed by atoms with Crippen molar-refractivity contribution in [2.24, 2.45) is 11.8 Å². The smallest absolute Gasteiger partial charge is 0.226 e. The highest BCUT2D eigenvalue weighted by Gasteiger charge is 2.39. The van der Waals surface area contributed by atoms with Gasteiger partial charge >= 0.3 is 0 Å². The number of hydrogen-bond acceptors (Lipinski definition) is 5. The van der Waals surface area contributed by atoms with E-state index in [-0.39, 0.29) is 23.8 Å². The fraction of sp³-hybridized carbons (Fsp3) is 0.519. The maximum absolute atomic E-state index is 12.9. The first kappa shape index (κ1) is 27.7. The molecule has 6 nitrogen and oxygen atoms in total. The minimum Gasteiger partial charge on any atom is -0.391 e. The van der Waals surface area contributed by atoms with Crippen LogP contribution in [-0.4, -0.2) is 43.5 Å². The van der Waals surface area contributed by atoms with Gasteiger partial charge in [-0.1, -0.05) is 72.7 Å². The minimum atomic E-state index is -0.520. The first-order chi connectivity index (χ1) is 16.3. The molecule has 3 atom stereocenters. The monoisotopic (exact) mass is 484 g/mol. The van der Waals surface area contributed by atoms with Crippen LogP contribution in [0.25, 0.3) is 21.7 Å². The largest absolute Gasteiger partial charge is 0.391 e. The molecule has 2 N–H and O–H groups in total. The number of aryl methyl sites for hydroxylation is 1. The predicted octanol–water partition coefficient (Wildman–Crippen LogP) is 6.49. The van der Waals surface area contributed by atoms with Crippen LogP contribution in [0, 0.1) is 18.8 Å². The van der Waals surface area contributed by atoms with E-state index in [1.807, 2.05) is 67.1 Å². The first-order valence-electron chi connectivity index (χ1n) is 12.4. The zero-order valence-electron chi connectivity index (χ0n) is 21.8. The number of nitrogens with one attached hydrogen (secondary N) is 1. The summed E-state index contributed by atoms with van der Waals surface area (Å²) in [5.41, 5.74) is 5.99. The lowest BCUT2D eigenvalue weighted by Crippen LogP contribution is -2.37. The summed E-state index contributed by atoms with van der Waals surface area (Å²) in [7, 11) is 0. The average molecular weight is 485 g/mol. The lowest BCUT2D eigenvalue weighted by molar-refractivity contribution is -0.137. The van der Waals surface area contributed by atoms with Gasteiger partial charge in [-0.05, 0) is 24.0 Å². The molecule has 1 amide bonds. The Labute approximate surface area is 208 Å². The second-order valence-electron chi connectivity index (χ2n) is 8.45. The molecule has 7 heteroatoms. The third-order valence-corrected chi connectivity index (χ3v) is 7.04. The van der Waals surface area contributed by atoms with Crippen LogP contribution < -0.4 is 0 Å². The molecule has 2 aromatic heterocycles. The molecule has 4 rings (SSSR count). The van der Waals surface area contributed by atoms with Crippen molar-refractivity contribution in [3.05, 3.63) is 47.5 Å². The Balaban J connectivity index is 0.000000970. The molecule has 3 aromatic rings. The van der Waals surface area contributed by atoms with Crippen LogP contribution in [0.15, 0.2) is 36.0 Å². The highest BCUT2D eigenvalue weighted by Crippen LogP contribution is 2.34. The van der Waals surface area contributed by atoms with Gasteiger partial charge in [0.25, 0.3) is 0 Å². The number of carbonyl (C=O) groups is 1. The molecule has 1 fully saturated rings. The van der Waals surface area contributed by atoms with Crippen molar-refractivity contribution in [3.8, 4) is 21.7 Å². The number of aliphatic hydroxyl groups is 1. The van der Waals surface area contributed by atoms with Gasteiger partial charge in [-0.15, -0.1) is 11.3 Å². The zero-order valence-corrected chi connectivity index (χ0v) is 22.6. The molecule has 186 valence electrons. The summed E-state index contributed by atoms with van der Waals surface area (Å²) in [5, 5.41) is 10.2. The van der Waals surface area contributed by atoms with Crippen molar-refractivity contribution >= 4 is 17.2 Å². The Morgan fingerprint density at radius 3 is 2.26 bits per heavy atom. The Morgan fingerprint density at radius 2 is 1.71 bits per heavy atom. The van der Waals surface area contributed by atoms with Gasteiger partial charge in [0.05, 0.1) is 40.1 Å². The number of aliphatic hydroxyl groups excluding tert-OH is 1. The van der Waals surface area contributed by atoms with Crippen LogP contribution >= 0.6 is 11.3 Å². The molecule has 1 saturated heterocycles. The summed E-state index contributed by atoms with van der Waals surface area (Å²) in [6.45, 7) is 16.4. The van der Waals surface area contributed by atoms with Gasteiger partial charge < -0.3 is 15.0 Å². The van der Waals surface area contributed by atoms with E-state index in [0.29, 0.717) is 13.0 Å². The fourth-order valence-corrected chi connectivity index (χ4v) is 4.71. The van der Waals surface area contributed by atoms with Crippen molar-refractivity contribution in [1.82, 2.24) is 19.9 Å². The second kappa shape index (κ2) is 12.8. The quantitative estimate of drug-likeness (QED) is 0.434. The number of likely N-dealkylation sites (tertiary alicyclic amines) is 1. The van der Waals surface area contributed by atoms with Crippen molar-refractivity contribution in [1.29, 1.82) is 0 Å². The Morgan fingerprint density at radius 1 is 1.09 bits per heavy atom. The molecule has 0 bridgehead atoms. The average Bonchev–Trinajstić information content (AvgIpc) is 3.60. The van der Waals surface area contributed by atoms with Crippen molar-refractivity contribution < 1.29 is 9.90 Å². The maximum atomic E-state index is 12.9. The predicted molar refractivity (Wildman–Crippen MR) is 142 cm³/mol. The molecule has 1 aliphatic rings. The van der Waals surface area contributed by atoms with E-state index in [4.69, 9.17) is 0 Å². The lowest BCUT2D eigenvalue weighted by Gasteiger charge is -2.27. The molecular weight excluding hydrogens is 444 g/mol. The Bertz CT molecular complexity index is 1030. The number of aromatic nitrogens is 3. The number of aromatic amines is 1. The van der Waals surface area contributed by atoms with E-state index >= 15 is 0 Å². The van der Waals surface area contributed by atoms with Crippen LogP contribution in [0.5, 0.6) is 0 Å². The van der Waals surface area contributed by atoms with E-state index in [1.165, 1.54) is 4.88 Å². The minimum absolute atomic E-state index is 0.0776. The maximum Gasteiger partial charge on any atom is 0.226 e. The lowest BCUT2D eigenvalue weighted by atomic mass is 9.96. The molecule has 3 unspecified atom stereocenters. The van der Waals surface area contributed by atoms with Crippen LogP contribution in [-0.2, 0) is 4.79 Å². The van der Waals surface area contributed by atoms with Gasteiger partial charge in [0.2, 0.25) is 5.91 Å². The summed E-state index contributed by atoms with van der Waals surface area (Å²) in [6.07, 6.45) is 1.79. The number of nitrogens with zero attached hydrogens (tertiary/aromatic N) is 3. The summed E-state index contributed by atoms with van der Waals surface area (Å²) in [6, 6.07) is 8.10. The number of hydrogen-bond donors (Lipinski definition) is 2. The highest BCUT2D eigenvalue weighted by molar-refractivity contribution is 7.13. The molecule has 0 spiro atoms. The number of benzene rings is 1. The molecule has 0 aliphatic carbocycles. The van der Waals surface area contributed by atoms with E-state index in [9.17, 15) is 9.90 Å². The number of carbonyl (C=O) groups excluding carboxylic acids is 1. The molecule has 1 aromatic carbocycles. The zero-order chi connectivity index (χ0) is 25.4. The Hall–Kier alpha value is -2.51. The van der Waals surface area contributed by atoms with Gasteiger partial charge in [-0.2, -0.15) is 0 Å². The summed E-state index contributed by atoms with van der Waals surface area (Å²) in [4.78, 5) is 28.2. The number of imidazole rings is 1.